The lowest BCUT2D eigenvalue weighted by molar-refractivity contribution is -0.118. The maximum absolute atomic E-state index is 13.6. The molecule has 1 aliphatic rings. The number of amides is 2. The standard InChI is InChI=1S/C21H23FN2O3/c1-12(2)15(14-7-8-16(22)13(3)9-14)10-19(25)23-17-5-4-6-18-21(17)27-11-20(26)24-18/h4-9,12,15H,10-11H2,1-3H3,(H,23,25)(H,24,26). The number of nitrogens with one attached hydrogen (secondary N) is 2. The molecule has 1 atom stereocenters. The highest BCUT2D eigenvalue weighted by atomic mass is 19.1. The van der Waals surface area contributed by atoms with Crippen LogP contribution in [0.1, 0.15) is 37.3 Å². The van der Waals surface area contributed by atoms with E-state index in [0.717, 1.165) is 5.56 Å². The molecule has 0 saturated carbocycles. The maximum Gasteiger partial charge on any atom is 0.262 e. The molecular formula is C21H23FN2O3. The fourth-order valence-electron chi connectivity index (χ4n) is 3.25. The maximum atomic E-state index is 13.6. The van der Waals surface area contributed by atoms with Crippen molar-refractivity contribution in [2.75, 3.05) is 17.2 Å². The molecule has 0 spiro atoms. The van der Waals surface area contributed by atoms with Gasteiger partial charge >= 0.3 is 0 Å². The summed E-state index contributed by atoms with van der Waals surface area (Å²) in [6.07, 6.45) is 0.263. The summed E-state index contributed by atoms with van der Waals surface area (Å²) in [6, 6.07) is 10.2. The number of para-hydroxylation sites is 1. The number of rotatable bonds is 5. The van der Waals surface area contributed by atoms with Gasteiger partial charge in [0.1, 0.15) is 5.82 Å². The molecular weight excluding hydrogens is 347 g/mol. The Hall–Kier alpha value is -2.89. The van der Waals surface area contributed by atoms with Crippen molar-refractivity contribution in [3.05, 3.63) is 53.3 Å². The molecule has 2 amide bonds. The largest absolute Gasteiger partial charge is 0.479 e. The molecule has 27 heavy (non-hydrogen) atoms. The van der Waals surface area contributed by atoms with Crippen molar-refractivity contribution in [1.82, 2.24) is 0 Å². The van der Waals surface area contributed by atoms with Crippen LogP contribution in [0.2, 0.25) is 0 Å². The fourth-order valence-corrected chi connectivity index (χ4v) is 3.25. The normalized spacial score (nSPS) is 14.2. The molecule has 2 aromatic carbocycles. The van der Waals surface area contributed by atoms with Crippen molar-refractivity contribution in [2.24, 2.45) is 5.92 Å². The van der Waals surface area contributed by atoms with Gasteiger partial charge in [-0.25, -0.2) is 4.39 Å². The Morgan fingerprint density at radius 1 is 1.30 bits per heavy atom. The quantitative estimate of drug-likeness (QED) is 0.827. The number of benzene rings is 2. The topological polar surface area (TPSA) is 67.4 Å². The van der Waals surface area contributed by atoms with Gasteiger partial charge in [0.15, 0.2) is 12.4 Å². The molecule has 142 valence electrons. The van der Waals surface area contributed by atoms with Gasteiger partial charge in [0.25, 0.3) is 5.91 Å². The van der Waals surface area contributed by atoms with E-state index >= 15 is 0 Å². The van der Waals surface area contributed by atoms with Crippen LogP contribution in [-0.4, -0.2) is 18.4 Å². The lowest BCUT2D eigenvalue weighted by Gasteiger charge is -2.23. The zero-order chi connectivity index (χ0) is 19.6. The molecule has 0 aromatic heterocycles. The minimum absolute atomic E-state index is 0.0375. The number of ether oxygens (including phenoxy) is 1. The van der Waals surface area contributed by atoms with E-state index in [9.17, 15) is 14.0 Å². The van der Waals surface area contributed by atoms with Gasteiger partial charge in [-0.2, -0.15) is 0 Å². The monoisotopic (exact) mass is 370 g/mol. The zero-order valence-corrected chi connectivity index (χ0v) is 15.6. The van der Waals surface area contributed by atoms with Crippen LogP contribution in [0.4, 0.5) is 15.8 Å². The first-order valence-electron chi connectivity index (χ1n) is 8.96. The van der Waals surface area contributed by atoms with E-state index < -0.39 is 0 Å². The first-order valence-corrected chi connectivity index (χ1v) is 8.96. The van der Waals surface area contributed by atoms with Gasteiger partial charge in [-0.05, 0) is 48.1 Å². The zero-order valence-electron chi connectivity index (χ0n) is 15.6. The summed E-state index contributed by atoms with van der Waals surface area (Å²) in [4.78, 5) is 24.1. The minimum atomic E-state index is -0.249. The molecule has 2 N–H and O–H groups in total. The Kier molecular flexibility index (Phi) is 5.44. The Balaban J connectivity index is 1.77. The second-order valence-corrected chi connectivity index (χ2v) is 7.13. The number of anilines is 2. The van der Waals surface area contributed by atoms with Crippen LogP contribution in [-0.2, 0) is 9.59 Å². The van der Waals surface area contributed by atoms with Gasteiger partial charge < -0.3 is 15.4 Å². The van der Waals surface area contributed by atoms with Gasteiger partial charge in [0, 0.05) is 6.42 Å². The van der Waals surface area contributed by atoms with Crippen molar-refractivity contribution in [1.29, 1.82) is 0 Å². The second-order valence-electron chi connectivity index (χ2n) is 7.13. The molecule has 1 aliphatic heterocycles. The van der Waals surface area contributed by atoms with Gasteiger partial charge in [0.2, 0.25) is 5.91 Å². The average molecular weight is 370 g/mol. The van der Waals surface area contributed by atoms with Gasteiger partial charge in [-0.15, -0.1) is 0 Å². The molecule has 1 unspecified atom stereocenters. The lowest BCUT2D eigenvalue weighted by atomic mass is 9.85. The summed E-state index contributed by atoms with van der Waals surface area (Å²) in [5.41, 5.74) is 2.58. The van der Waals surface area contributed by atoms with Crippen LogP contribution in [0.3, 0.4) is 0 Å². The molecule has 2 aromatic rings. The highest BCUT2D eigenvalue weighted by Gasteiger charge is 2.23. The number of aryl methyl sites for hydroxylation is 1. The van der Waals surface area contributed by atoms with Crippen LogP contribution in [0.5, 0.6) is 5.75 Å². The van der Waals surface area contributed by atoms with E-state index in [0.29, 0.717) is 22.7 Å². The Labute approximate surface area is 157 Å². The highest BCUT2D eigenvalue weighted by molar-refractivity contribution is 6.00. The Morgan fingerprint density at radius 2 is 2.07 bits per heavy atom. The molecule has 3 rings (SSSR count). The summed E-state index contributed by atoms with van der Waals surface area (Å²) < 4.78 is 19.0. The lowest BCUT2D eigenvalue weighted by Crippen LogP contribution is -2.26. The highest BCUT2D eigenvalue weighted by Crippen LogP contribution is 2.36. The Bertz CT molecular complexity index is 880. The van der Waals surface area contributed by atoms with Crippen molar-refractivity contribution >= 4 is 23.2 Å². The van der Waals surface area contributed by atoms with Crippen molar-refractivity contribution < 1.29 is 18.7 Å². The summed E-state index contributed by atoms with van der Waals surface area (Å²) in [5, 5.41) is 5.60. The minimum Gasteiger partial charge on any atom is -0.479 e. The number of carbonyl (C=O) groups is 2. The summed E-state index contributed by atoms with van der Waals surface area (Å²) in [5.74, 6) is -0.00241. The average Bonchev–Trinajstić information content (AvgIpc) is 2.62. The number of fused-ring (bicyclic) bond motifs is 1. The predicted molar refractivity (Wildman–Crippen MR) is 103 cm³/mol. The number of halogens is 1. The molecule has 0 bridgehead atoms. The third kappa shape index (κ3) is 4.27. The number of hydrogen-bond donors (Lipinski definition) is 2. The van der Waals surface area contributed by atoms with E-state index in [1.54, 1.807) is 37.3 Å². The number of hydrogen-bond acceptors (Lipinski definition) is 3. The molecule has 0 saturated heterocycles. The van der Waals surface area contributed by atoms with E-state index in [1.165, 1.54) is 6.07 Å². The molecule has 6 heteroatoms. The summed E-state index contributed by atoms with van der Waals surface area (Å²) in [7, 11) is 0. The van der Waals surface area contributed by atoms with Crippen molar-refractivity contribution in [3.8, 4) is 5.75 Å². The smallest absolute Gasteiger partial charge is 0.262 e. The molecule has 5 nitrogen and oxygen atoms in total. The van der Waals surface area contributed by atoms with E-state index in [-0.39, 0.29) is 42.5 Å². The van der Waals surface area contributed by atoms with Crippen molar-refractivity contribution in [3.63, 3.8) is 0 Å². The van der Waals surface area contributed by atoms with Crippen LogP contribution < -0.4 is 15.4 Å². The van der Waals surface area contributed by atoms with Gasteiger partial charge in [0.05, 0.1) is 11.4 Å². The number of carbonyl (C=O) groups excluding carboxylic acids is 2. The van der Waals surface area contributed by atoms with E-state index in [4.69, 9.17) is 4.74 Å². The van der Waals surface area contributed by atoms with Gasteiger partial charge in [-0.1, -0.05) is 32.0 Å². The molecule has 0 aliphatic carbocycles. The first-order chi connectivity index (χ1) is 12.8. The second kappa shape index (κ2) is 7.78. The fraction of sp³-hybridized carbons (Fsp3) is 0.333. The van der Waals surface area contributed by atoms with E-state index in [2.05, 4.69) is 10.6 Å². The third-order valence-corrected chi connectivity index (χ3v) is 4.73. The van der Waals surface area contributed by atoms with Gasteiger partial charge in [-0.3, -0.25) is 9.59 Å². The predicted octanol–water partition coefficient (Wildman–Crippen LogP) is 4.23. The summed E-state index contributed by atoms with van der Waals surface area (Å²) >= 11 is 0. The Morgan fingerprint density at radius 3 is 2.78 bits per heavy atom. The summed E-state index contributed by atoms with van der Waals surface area (Å²) in [6.45, 7) is 5.72. The van der Waals surface area contributed by atoms with Crippen LogP contribution in [0.15, 0.2) is 36.4 Å². The van der Waals surface area contributed by atoms with Crippen molar-refractivity contribution in [2.45, 2.75) is 33.1 Å². The first kappa shape index (κ1) is 18.9. The molecule has 1 heterocycles. The van der Waals surface area contributed by atoms with Crippen LogP contribution in [0, 0.1) is 18.7 Å². The van der Waals surface area contributed by atoms with E-state index in [1.807, 2.05) is 13.8 Å². The molecule has 0 fully saturated rings. The third-order valence-electron chi connectivity index (χ3n) is 4.73. The van der Waals surface area contributed by atoms with Crippen LogP contribution >= 0.6 is 0 Å². The van der Waals surface area contributed by atoms with Crippen LogP contribution in [0.25, 0.3) is 0 Å². The molecule has 0 radical (unpaired) electrons. The SMILES string of the molecule is Cc1cc(C(CC(=O)Nc2cccc3c2OCC(=O)N3)C(C)C)ccc1F.